The summed E-state index contributed by atoms with van der Waals surface area (Å²) in [5.41, 5.74) is -1.33. The summed E-state index contributed by atoms with van der Waals surface area (Å²) >= 11 is 0. The van der Waals surface area contributed by atoms with E-state index in [-0.39, 0.29) is 49.9 Å². The van der Waals surface area contributed by atoms with Crippen LogP contribution in [0.25, 0.3) is 0 Å². The van der Waals surface area contributed by atoms with E-state index in [0.717, 1.165) is 16.7 Å². The molecule has 61 heavy (non-hydrogen) atoms. The Balaban J connectivity index is 1.58. The number of nitriles is 1. The summed E-state index contributed by atoms with van der Waals surface area (Å²) in [6.45, 7) is 13.4. The number of H-pyrrole nitrogens is 1. The van der Waals surface area contributed by atoms with Gasteiger partial charge in [0.25, 0.3) is 14.1 Å². The number of methoxy groups -OCH3 is 2. The van der Waals surface area contributed by atoms with E-state index < -0.39 is 55.4 Å². The number of morpholine rings is 1. The molecule has 5 atom stereocenters. The van der Waals surface area contributed by atoms with Crippen LogP contribution < -0.4 is 26.0 Å². The Labute approximate surface area is 358 Å². The molecule has 4 aromatic rings. The van der Waals surface area contributed by atoms with Crippen LogP contribution in [0.2, 0.25) is 0 Å². The lowest BCUT2D eigenvalue weighted by Crippen LogP contribution is -2.55. The zero-order valence-electron chi connectivity index (χ0n) is 36.3. The molecule has 0 spiro atoms. The van der Waals surface area contributed by atoms with E-state index in [0.29, 0.717) is 11.5 Å². The minimum atomic E-state index is -1.90. The molecule has 0 aliphatic carbocycles. The van der Waals surface area contributed by atoms with Crippen molar-refractivity contribution in [3.05, 3.63) is 128 Å². The van der Waals surface area contributed by atoms with Crippen LogP contribution in [0.1, 0.15) is 76.4 Å². The van der Waals surface area contributed by atoms with Crippen LogP contribution in [-0.4, -0.2) is 95.0 Å². The summed E-state index contributed by atoms with van der Waals surface area (Å²) < 4.78 is 42.8. The van der Waals surface area contributed by atoms with Gasteiger partial charge in [-0.25, -0.2) is 14.3 Å². The lowest BCUT2D eigenvalue weighted by atomic mass is 9.79. The number of benzene rings is 3. The second kappa shape index (κ2) is 19.3. The molecule has 2 aliphatic heterocycles. The number of nitrogens with one attached hydrogen (secondary N) is 2. The van der Waals surface area contributed by atoms with Gasteiger partial charge in [-0.3, -0.25) is 14.3 Å². The monoisotopic (exact) mass is 856 g/mol. The van der Waals surface area contributed by atoms with E-state index in [9.17, 15) is 19.6 Å². The van der Waals surface area contributed by atoms with E-state index >= 15 is 0 Å². The largest absolute Gasteiger partial charge is 0.497 e. The van der Waals surface area contributed by atoms with E-state index in [1.807, 2.05) is 120 Å². The highest BCUT2D eigenvalue weighted by molar-refractivity contribution is 7.44. The van der Waals surface area contributed by atoms with Gasteiger partial charge in [-0.1, -0.05) is 54.6 Å². The first kappa shape index (κ1) is 45.5. The molecule has 1 aromatic heterocycles. The Hall–Kier alpha value is -5.07. The Morgan fingerprint density at radius 3 is 2.05 bits per heavy atom. The van der Waals surface area contributed by atoms with Crippen LogP contribution in [0.5, 0.6) is 11.5 Å². The van der Waals surface area contributed by atoms with Crippen molar-refractivity contribution in [2.75, 3.05) is 34.0 Å². The first-order valence-corrected chi connectivity index (χ1v) is 21.6. The highest BCUT2D eigenvalue weighted by Gasteiger charge is 2.68. The molecule has 15 nitrogen and oxygen atoms in total. The van der Waals surface area contributed by atoms with Crippen molar-refractivity contribution in [2.24, 2.45) is 0 Å². The summed E-state index contributed by atoms with van der Waals surface area (Å²) in [5, 5.41) is 12.5. The number of ether oxygens (including phenoxy) is 4. The second-order valence-electron chi connectivity index (χ2n) is 16.1. The van der Waals surface area contributed by atoms with Crippen LogP contribution in [0.3, 0.4) is 0 Å². The van der Waals surface area contributed by atoms with Crippen LogP contribution >= 0.6 is 8.53 Å². The zero-order chi connectivity index (χ0) is 44.1. The molecule has 0 saturated carbocycles. The molecule has 2 bridgehead atoms. The third-order valence-electron chi connectivity index (χ3n) is 10.9. The smallest absolute Gasteiger partial charge is 0.330 e. The van der Waals surface area contributed by atoms with Gasteiger partial charge in [0.1, 0.15) is 34.8 Å². The number of rotatable bonds is 18. The van der Waals surface area contributed by atoms with Gasteiger partial charge in [-0.2, -0.15) is 5.26 Å². The van der Waals surface area contributed by atoms with Gasteiger partial charge < -0.3 is 38.2 Å². The number of aromatic amines is 1. The molecule has 0 radical (unpaired) electrons. The predicted molar refractivity (Wildman–Crippen MR) is 231 cm³/mol. The van der Waals surface area contributed by atoms with Gasteiger partial charge in [0.2, 0.25) is 0 Å². The summed E-state index contributed by atoms with van der Waals surface area (Å²) in [5.74, 6) is 1.32. The summed E-state index contributed by atoms with van der Waals surface area (Å²) in [7, 11) is 1.32. The number of aromatic nitrogens is 2. The van der Waals surface area contributed by atoms with Crippen molar-refractivity contribution in [3.63, 3.8) is 0 Å². The number of urea groups is 1. The number of carbonyl (C=O) groups excluding carboxylic acids is 1. The Morgan fingerprint density at radius 2 is 1.52 bits per heavy atom. The number of amides is 2. The fourth-order valence-corrected chi connectivity index (χ4v) is 10.0. The van der Waals surface area contributed by atoms with Gasteiger partial charge in [0, 0.05) is 29.9 Å². The highest BCUT2D eigenvalue weighted by Crippen LogP contribution is 2.57. The molecule has 3 aromatic carbocycles. The highest BCUT2D eigenvalue weighted by atomic mass is 31.2. The lowest BCUT2D eigenvalue weighted by molar-refractivity contribution is -0.172. The summed E-state index contributed by atoms with van der Waals surface area (Å²) in [4.78, 5) is 44.8. The van der Waals surface area contributed by atoms with Crippen LogP contribution in [0, 0.1) is 18.3 Å². The van der Waals surface area contributed by atoms with Crippen molar-refractivity contribution in [1.82, 2.24) is 24.4 Å². The first-order chi connectivity index (χ1) is 29.2. The SMILES string of the molecule is COc1ccc(C(OC[C@@]23CN(C(=O)NC(C)C)[C@@H]([C@H](n4cc(C)c(=O)[nH]c4=O)O2)[C@@H]3OP(OCCC#N)N(C(C)C)C(C)C)(c2ccccc2)c2ccc(OC)cc2)cc1. The van der Waals surface area contributed by atoms with Crippen LogP contribution in [0.15, 0.2) is 94.6 Å². The fraction of sp³-hybridized carbons (Fsp3) is 0.467. The topological polar surface area (TPSA) is 170 Å². The molecule has 16 heteroatoms. The Morgan fingerprint density at radius 1 is 0.951 bits per heavy atom. The van der Waals surface area contributed by atoms with Gasteiger partial charge in [0.15, 0.2) is 6.23 Å². The van der Waals surface area contributed by atoms with Gasteiger partial charge in [-0.15, -0.1) is 0 Å². The maximum atomic E-state index is 14.4. The number of carbonyl (C=O) groups is 1. The average molecular weight is 857 g/mol. The Kier molecular flexibility index (Phi) is 14.4. The molecule has 2 N–H and O–H groups in total. The summed E-state index contributed by atoms with van der Waals surface area (Å²) in [6.07, 6.45) is -0.506. The van der Waals surface area contributed by atoms with E-state index in [1.165, 1.54) is 10.8 Å². The fourth-order valence-electron chi connectivity index (χ4n) is 8.23. The van der Waals surface area contributed by atoms with Gasteiger partial charge >= 0.3 is 11.7 Å². The zero-order valence-corrected chi connectivity index (χ0v) is 37.2. The summed E-state index contributed by atoms with van der Waals surface area (Å²) in [6, 6.07) is 25.6. The van der Waals surface area contributed by atoms with E-state index in [4.69, 9.17) is 28.0 Å². The van der Waals surface area contributed by atoms with Crippen LogP contribution in [0.4, 0.5) is 4.79 Å². The van der Waals surface area contributed by atoms with Crippen molar-refractivity contribution in [1.29, 1.82) is 5.26 Å². The molecule has 2 fully saturated rings. The van der Waals surface area contributed by atoms with Crippen molar-refractivity contribution >= 4 is 14.6 Å². The number of likely N-dealkylation sites (tertiary alicyclic amines) is 1. The second-order valence-corrected chi connectivity index (χ2v) is 17.5. The third kappa shape index (κ3) is 9.26. The predicted octanol–water partition coefficient (Wildman–Crippen LogP) is 6.60. The number of nitrogens with zero attached hydrogens (tertiary/aromatic N) is 4. The molecular formula is C45H57N6O9P. The van der Waals surface area contributed by atoms with Gasteiger partial charge in [0.05, 0.1) is 46.5 Å². The van der Waals surface area contributed by atoms with Crippen molar-refractivity contribution in [2.45, 2.75) is 103 Å². The molecule has 1 unspecified atom stereocenters. The number of hydrogen-bond acceptors (Lipinski definition) is 11. The first-order valence-electron chi connectivity index (χ1n) is 20.5. The maximum absolute atomic E-state index is 14.4. The number of fused-ring (bicyclic) bond motifs is 2. The van der Waals surface area contributed by atoms with Gasteiger partial charge in [-0.05, 0) is 89.4 Å². The average Bonchev–Trinajstić information content (AvgIpc) is 3.71. The number of hydrogen-bond donors (Lipinski definition) is 2. The van der Waals surface area contributed by atoms with E-state index in [2.05, 4.69) is 21.0 Å². The molecule has 326 valence electrons. The minimum absolute atomic E-state index is 0.00922. The standard InChI is InChI=1S/C45H57N6O9P/c1-29(2)47-42(53)50-27-44(28-57-45(33-14-11-10-12-15-33,34-16-20-36(55-8)21-17-34)35-18-22-37(56-9)23-19-35)39(60-61(58-25-13-24-46)51(30(3)4)31(5)6)38(50)41(59-44)49-26-32(7)40(52)48-43(49)54/h10-12,14-23,26,29-31,38-39,41H,13,25,27-28H2,1-9H3,(H,47,53)(H,48,52,54)/t38-,39+,41-,44-,61?/m1/s1. The lowest BCUT2D eigenvalue weighted by Gasteiger charge is -2.42. The molecule has 2 saturated heterocycles. The molecular weight excluding hydrogens is 800 g/mol. The molecule has 6 rings (SSSR count). The van der Waals surface area contributed by atoms with Crippen molar-refractivity contribution < 1.29 is 32.8 Å². The number of aryl methyl sites for hydroxylation is 1. The Bertz CT molecular complexity index is 2210. The third-order valence-corrected chi connectivity index (χ3v) is 13.1. The minimum Gasteiger partial charge on any atom is -0.497 e. The quantitative estimate of drug-likeness (QED) is 0.0628. The molecule has 2 aliphatic rings. The maximum Gasteiger partial charge on any atom is 0.330 e. The van der Waals surface area contributed by atoms with Crippen molar-refractivity contribution in [3.8, 4) is 17.6 Å². The normalized spacial score (nSPS) is 20.4. The van der Waals surface area contributed by atoms with E-state index in [1.54, 1.807) is 26.0 Å². The molecule has 3 heterocycles. The van der Waals surface area contributed by atoms with Crippen LogP contribution in [-0.2, 0) is 24.1 Å². The molecule has 2 amide bonds.